The van der Waals surface area contributed by atoms with Gasteiger partial charge in [0.05, 0.1) is 12.4 Å². The number of rotatable bonds is 7. The molecule has 1 atom stereocenters. The summed E-state index contributed by atoms with van der Waals surface area (Å²) in [5.41, 5.74) is 5.32. The van der Waals surface area contributed by atoms with E-state index >= 15 is 0 Å². The molecule has 2 heterocycles. The highest BCUT2D eigenvalue weighted by molar-refractivity contribution is 5.85. The van der Waals surface area contributed by atoms with Gasteiger partial charge in [-0.1, -0.05) is 12.1 Å². The van der Waals surface area contributed by atoms with Gasteiger partial charge in [-0.05, 0) is 52.8 Å². The molecule has 0 saturated heterocycles. The summed E-state index contributed by atoms with van der Waals surface area (Å²) in [7, 11) is 0. The molecular formula is C22H26FN5O2. The van der Waals surface area contributed by atoms with Crippen LogP contribution in [0.5, 0.6) is 5.75 Å². The van der Waals surface area contributed by atoms with Crippen molar-refractivity contribution in [3.63, 3.8) is 0 Å². The molecule has 8 heteroatoms. The zero-order valence-corrected chi connectivity index (χ0v) is 17.8. The molecule has 0 aliphatic carbocycles. The van der Waals surface area contributed by atoms with E-state index in [1.165, 1.54) is 19.1 Å². The molecule has 158 valence electrons. The first-order chi connectivity index (χ1) is 14.3. The predicted molar refractivity (Wildman–Crippen MR) is 114 cm³/mol. The van der Waals surface area contributed by atoms with E-state index in [9.17, 15) is 9.18 Å². The quantitative estimate of drug-likeness (QED) is 0.473. The van der Waals surface area contributed by atoms with Crippen LogP contribution in [0.1, 0.15) is 43.8 Å². The van der Waals surface area contributed by atoms with Crippen LogP contribution >= 0.6 is 0 Å². The van der Waals surface area contributed by atoms with E-state index in [0.29, 0.717) is 0 Å². The summed E-state index contributed by atoms with van der Waals surface area (Å²) in [6.45, 7) is 9.68. The van der Waals surface area contributed by atoms with Crippen molar-refractivity contribution in [1.82, 2.24) is 19.8 Å². The molecule has 0 spiro atoms. The number of carbonyl (C=O) groups is 1. The Hall–Kier alpha value is -3.42. The number of para-hydroxylation sites is 1. The number of aryl methyl sites for hydroxylation is 1. The molecule has 0 unspecified atom stereocenters. The number of nitrogens with zero attached hydrogens (tertiary/aromatic N) is 4. The van der Waals surface area contributed by atoms with Crippen LogP contribution in [0.3, 0.4) is 0 Å². The SMILES string of the molecule is Cc1cc(/C=N\NC(=O)[C@@H](C)Oc2ccccc2F)c(C)n1-c1ccnn1C(C)C. The van der Waals surface area contributed by atoms with Gasteiger partial charge in [0.2, 0.25) is 0 Å². The Bertz CT molecular complexity index is 1070. The zero-order chi connectivity index (χ0) is 21.8. The van der Waals surface area contributed by atoms with Crippen LogP contribution in [0.2, 0.25) is 0 Å². The van der Waals surface area contributed by atoms with Gasteiger partial charge in [0.25, 0.3) is 5.91 Å². The van der Waals surface area contributed by atoms with E-state index in [1.54, 1.807) is 24.5 Å². The number of hydrogen-bond acceptors (Lipinski definition) is 4. The maximum absolute atomic E-state index is 13.7. The molecule has 1 aromatic carbocycles. The molecule has 0 radical (unpaired) electrons. The van der Waals surface area contributed by atoms with Gasteiger partial charge in [0, 0.05) is 29.1 Å². The number of nitrogens with one attached hydrogen (secondary N) is 1. The van der Waals surface area contributed by atoms with Crippen molar-refractivity contribution in [2.24, 2.45) is 5.10 Å². The van der Waals surface area contributed by atoms with Crippen molar-refractivity contribution in [3.05, 3.63) is 65.4 Å². The van der Waals surface area contributed by atoms with Gasteiger partial charge in [0.1, 0.15) is 5.82 Å². The summed E-state index contributed by atoms with van der Waals surface area (Å²) >= 11 is 0. The second-order valence-electron chi connectivity index (χ2n) is 7.31. The van der Waals surface area contributed by atoms with Crippen LogP contribution in [0, 0.1) is 19.7 Å². The van der Waals surface area contributed by atoms with Crippen LogP contribution in [0.4, 0.5) is 4.39 Å². The number of halogens is 1. The molecule has 0 saturated carbocycles. The highest BCUT2D eigenvalue weighted by Crippen LogP contribution is 2.21. The van der Waals surface area contributed by atoms with Crippen molar-refractivity contribution < 1.29 is 13.9 Å². The molecule has 7 nitrogen and oxygen atoms in total. The van der Waals surface area contributed by atoms with Gasteiger partial charge >= 0.3 is 0 Å². The Morgan fingerprint density at radius 2 is 1.97 bits per heavy atom. The van der Waals surface area contributed by atoms with E-state index in [2.05, 4.69) is 34.0 Å². The van der Waals surface area contributed by atoms with Crippen molar-refractivity contribution in [2.45, 2.75) is 46.8 Å². The Kier molecular flexibility index (Phi) is 6.34. The molecule has 30 heavy (non-hydrogen) atoms. The molecule has 1 amide bonds. The lowest BCUT2D eigenvalue weighted by atomic mass is 10.3. The first-order valence-electron chi connectivity index (χ1n) is 9.76. The lowest BCUT2D eigenvalue weighted by Gasteiger charge is -2.15. The molecule has 0 bridgehead atoms. The fourth-order valence-electron chi connectivity index (χ4n) is 3.19. The largest absolute Gasteiger partial charge is 0.478 e. The van der Waals surface area contributed by atoms with Gasteiger partial charge in [-0.25, -0.2) is 14.5 Å². The monoisotopic (exact) mass is 411 g/mol. The summed E-state index contributed by atoms with van der Waals surface area (Å²) in [6, 6.07) is 10.1. The third kappa shape index (κ3) is 4.42. The van der Waals surface area contributed by atoms with Crippen molar-refractivity contribution in [1.29, 1.82) is 0 Å². The Balaban J connectivity index is 1.70. The first kappa shape index (κ1) is 21.3. The highest BCUT2D eigenvalue weighted by Gasteiger charge is 2.17. The number of hydrazone groups is 1. The predicted octanol–water partition coefficient (Wildman–Crippen LogP) is 3.93. The van der Waals surface area contributed by atoms with E-state index in [-0.39, 0.29) is 11.8 Å². The maximum Gasteiger partial charge on any atom is 0.280 e. The van der Waals surface area contributed by atoms with Gasteiger partial charge in [-0.15, -0.1) is 0 Å². The van der Waals surface area contributed by atoms with E-state index in [0.717, 1.165) is 22.8 Å². The Morgan fingerprint density at radius 1 is 1.23 bits per heavy atom. The maximum atomic E-state index is 13.7. The third-order valence-corrected chi connectivity index (χ3v) is 4.73. The van der Waals surface area contributed by atoms with Gasteiger partial charge in [-0.2, -0.15) is 10.2 Å². The van der Waals surface area contributed by atoms with Gasteiger partial charge < -0.3 is 9.30 Å². The smallest absolute Gasteiger partial charge is 0.280 e. The molecule has 0 aliphatic rings. The van der Waals surface area contributed by atoms with E-state index in [4.69, 9.17) is 4.74 Å². The molecule has 3 aromatic rings. The second-order valence-corrected chi connectivity index (χ2v) is 7.31. The van der Waals surface area contributed by atoms with E-state index < -0.39 is 17.8 Å². The minimum absolute atomic E-state index is 0.0226. The number of carbonyl (C=O) groups excluding carboxylic acids is 1. The average Bonchev–Trinajstić information content (AvgIpc) is 3.28. The lowest BCUT2D eigenvalue weighted by Crippen LogP contribution is -2.33. The number of ether oxygens (including phenoxy) is 1. The van der Waals surface area contributed by atoms with Crippen LogP contribution < -0.4 is 10.2 Å². The van der Waals surface area contributed by atoms with Crippen molar-refractivity contribution in [3.8, 4) is 11.6 Å². The molecule has 0 fully saturated rings. The van der Waals surface area contributed by atoms with Crippen LogP contribution in [0.15, 0.2) is 47.7 Å². The topological polar surface area (TPSA) is 73.4 Å². The zero-order valence-electron chi connectivity index (χ0n) is 17.8. The summed E-state index contributed by atoms with van der Waals surface area (Å²) in [6.07, 6.45) is 2.47. The molecular weight excluding hydrogens is 385 g/mol. The summed E-state index contributed by atoms with van der Waals surface area (Å²) in [4.78, 5) is 12.2. The minimum Gasteiger partial charge on any atom is -0.478 e. The number of benzene rings is 1. The van der Waals surface area contributed by atoms with Crippen LogP contribution in [-0.4, -0.2) is 32.6 Å². The van der Waals surface area contributed by atoms with Crippen LogP contribution in [-0.2, 0) is 4.79 Å². The molecule has 3 rings (SSSR count). The molecule has 1 N–H and O–H groups in total. The van der Waals surface area contributed by atoms with Gasteiger partial charge in [-0.3, -0.25) is 4.79 Å². The van der Waals surface area contributed by atoms with E-state index in [1.807, 2.05) is 30.7 Å². The van der Waals surface area contributed by atoms with Crippen molar-refractivity contribution >= 4 is 12.1 Å². The summed E-state index contributed by atoms with van der Waals surface area (Å²) < 4.78 is 23.1. The highest BCUT2D eigenvalue weighted by atomic mass is 19.1. The fourth-order valence-corrected chi connectivity index (χ4v) is 3.19. The first-order valence-corrected chi connectivity index (χ1v) is 9.76. The minimum atomic E-state index is -0.896. The van der Waals surface area contributed by atoms with Crippen molar-refractivity contribution in [2.75, 3.05) is 0 Å². The number of amides is 1. The normalized spacial score (nSPS) is 12.5. The Morgan fingerprint density at radius 3 is 2.67 bits per heavy atom. The van der Waals surface area contributed by atoms with Crippen LogP contribution in [0.25, 0.3) is 5.82 Å². The average molecular weight is 411 g/mol. The number of aromatic nitrogens is 3. The standard InChI is InChI=1S/C22H26FN5O2/c1-14(2)28-21(10-11-25-28)27-15(3)12-18(16(27)4)13-24-26-22(29)17(5)30-20-9-7-6-8-19(20)23/h6-14,17H,1-5H3,(H,26,29)/b24-13-/t17-/m1/s1. The third-order valence-electron chi connectivity index (χ3n) is 4.73. The summed E-state index contributed by atoms with van der Waals surface area (Å²) in [5.74, 6) is -0.0000378. The molecule has 0 aliphatic heterocycles. The lowest BCUT2D eigenvalue weighted by molar-refractivity contribution is -0.127. The molecule has 2 aromatic heterocycles. The Labute approximate surface area is 175 Å². The number of hydrogen-bond donors (Lipinski definition) is 1. The summed E-state index contributed by atoms with van der Waals surface area (Å²) in [5, 5.41) is 8.44. The fraction of sp³-hybridized carbons (Fsp3) is 0.318. The van der Waals surface area contributed by atoms with Gasteiger partial charge in [0.15, 0.2) is 17.7 Å². The second kappa shape index (κ2) is 8.94.